The van der Waals surface area contributed by atoms with E-state index in [1.54, 1.807) is 18.5 Å². The van der Waals surface area contributed by atoms with Crippen molar-refractivity contribution in [3.63, 3.8) is 0 Å². The van der Waals surface area contributed by atoms with Crippen molar-refractivity contribution in [1.82, 2.24) is 4.98 Å². The number of pyridine rings is 1. The molecule has 0 saturated heterocycles. The van der Waals surface area contributed by atoms with Crippen molar-refractivity contribution in [2.75, 3.05) is 5.32 Å². The minimum Gasteiger partial charge on any atom is -0.320 e. The summed E-state index contributed by atoms with van der Waals surface area (Å²) in [5.74, 6) is -0.830. The lowest BCUT2D eigenvalue weighted by atomic mass is 10.2. The van der Waals surface area contributed by atoms with Crippen LogP contribution in [-0.4, -0.2) is 10.9 Å². The van der Waals surface area contributed by atoms with Crippen LogP contribution in [0.15, 0.2) is 41.1 Å². The second-order valence-electron chi connectivity index (χ2n) is 3.77. The molecule has 92 valence electrons. The van der Waals surface area contributed by atoms with Gasteiger partial charge in [0.1, 0.15) is 5.82 Å². The van der Waals surface area contributed by atoms with Gasteiger partial charge in [0.15, 0.2) is 0 Å². The van der Waals surface area contributed by atoms with Crippen LogP contribution in [0.4, 0.5) is 10.1 Å². The molecule has 0 atom stereocenters. The fourth-order valence-corrected chi connectivity index (χ4v) is 1.88. The highest BCUT2D eigenvalue weighted by molar-refractivity contribution is 9.10. The molecule has 1 amide bonds. The predicted octanol–water partition coefficient (Wildman–Crippen LogP) is 3.54. The van der Waals surface area contributed by atoms with Gasteiger partial charge in [0.2, 0.25) is 0 Å². The first kappa shape index (κ1) is 12.7. The Hall–Kier alpha value is -1.75. The van der Waals surface area contributed by atoms with Crippen molar-refractivity contribution in [3.05, 3.63) is 58.1 Å². The summed E-state index contributed by atoms with van der Waals surface area (Å²) in [5.41, 5.74) is 1.75. The summed E-state index contributed by atoms with van der Waals surface area (Å²) in [4.78, 5) is 15.9. The molecule has 0 radical (unpaired) electrons. The third kappa shape index (κ3) is 2.73. The van der Waals surface area contributed by atoms with Crippen LogP contribution in [0.2, 0.25) is 0 Å². The van der Waals surface area contributed by atoms with Crippen molar-refractivity contribution in [3.8, 4) is 0 Å². The van der Waals surface area contributed by atoms with E-state index in [0.717, 1.165) is 5.56 Å². The highest BCUT2D eigenvalue weighted by Crippen LogP contribution is 2.20. The molecule has 0 unspecified atom stereocenters. The lowest BCUT2D eigenvalue weighted by molar-refractivity contribution is 0.102. The molecule has 0 bridgehead atoms. The van der Waals surface area contributed by atoms with Gasteiger partial charge in [-0.3, -0.25) is 9.78 Å². The zero-order valence-electron chi connectivity index (χ0n) is 9.58. The normalized spacial score (nSPS) is 10.2. The van der Waals surface area contributed by atoms with Gasteiger partial charge in [-0.2, -0.15) is 0 Å². The molecular formula is C13H10BrFN2O. The number of amides is 1. The first-order chi connectivity index (χ1) is 8.58. The van der Waals surface area contributed by atoms with Crippen molar-refractivity contribution < 1.29 is 9.18 Å². The Balaban J connectivity index is 2.28. The summed E-state index contributed by atoms with van der Waals surface area (Å²) in [6.45, 7) is 1.86. The smallest absolute Gasteiger partial charge is 0.256 e. The number of hydrogen-bond donors (Lipinski definition) is 1. The third-order valence-corrected chi connectivity index (χ3v) is 3.15. The van der Waals surface area contributed by atoms with Crippen LogP contribution in [0.1, 0.15) is 15.9 Å². The number of rotatable bonds is 2. The molecule has 1 N–H and O–H groups in total. The largest absolute Gasteiger partial charge is 0.320 e. The van der Waals surface area contributed by atoms with E-state index in [1.165, 1.54) is 18.2 Å². The molecule has 5 heteroatoms. The van der Waals surface area contributed by atoms with Gasteiger partial charge in [0.05, 0.1) is 17.4 Å². The number of aryl methyl sites for hydroxylation is 1. The van der Waals surface area contributed by atoms with Gasteiger partial charge in [-0.15, -0.1) is 0 Å². The van der Waals surface area contributed by atoms with Gasteiger partial charge < -0.3 is 5.32 Å². The molecule has 1 aromatic carbocycles. The number of anilines is 1. The highest BCUT2D eigenvalue weighted by Gasteiger charge is 2.12. The van der Waals surface area contributed by atoms with Crippen molar-refractivity contribution in [2.45, 2.75) is 6.92 Å². The van der Waals surface area contributed by atoms with Crippen molar-refractivity contribution >= 4 is 27.5 Å². The molecular weight excluding hydrogens is 299 g/mol. The predicted molar refractivity (Wildman–Crippen MR) is 71.0 cm³/mol. The van der Waals surface area contributed by atoms with Crippen LogP contribution in [-0.2, 0) is 0 Å². The topological polar surface area (TPSA) is 42.0 Å². The first-order valence-electron chi connectivity index (χ1n) is 5.25. The Morgan fingerprint density at radius 1 is 1.39 bits per heavy atom. The average molecular weight is 309 g/mol. The molecule has 2 aromatic rings. The molecule has 0 aliphatic heterocycles. The Kier molecular flexibility index (Phi) is 3.72. The van der Waals surface area contributed by atoms with Gasteiger partial charge in [0.25, 0.3) is 5.91 Å². The molecule has 0 aliphatic carbocycles. The Bertz CT molecular complexity index is 601. The van der Waals surface area contributed by atoms with E-state index in [9.17, 15) is 9.18 Å². The number of nitrogens with zero attached hydrogens (tertiary/aromatic N) is 1. The number of nitrogens with one attached hydrogen (secondary N) is 1. The van der Waals surface area contributed by atoms with E-state index >= 15 is 0 Å². The van der Waals surface area contributed by atoms with Crippen LogP contribution in [0.25, 0.3) is 0 Å². The summed E-state index contributed by atoms with van der Waals surface area (Å²) in [6.07, 6.45) is 3.20. The van der Waals surface area contributed by atoms with E-state index in [0.29, 0.717) is 10.2 Å². The Morgan fingerprint density at radius 3 is 2.89 bits per heavy atom. The number of carbonyl (C=O) groups is 1. The van der Waals surface area contributed by atoms with Crippen molar-refractivity contribution in [2.24, 2.45) is 0 Å². The van der Waals surface area contributed by atoms with Crippen LogP contribution in [0, 0.1) is 12.7 Å². The van der Waals surface area contributed by atoms with E-state index in [4.69, 9.17) is 0 Å². The van der Waals surface area contributed by atoms with Crippen LogP contribution >= 0.6 is 15.9 Å². The molecule has 2 rings (SSSR count). The molecule has 3 nitrogen and oxygen atoms in total. The van der Waals surface area contributed by atoms with Gasteiger partial charge in [-0.1, -0.05) is 0 Å². The molecule has 0 fully saturated rings. The average Bonchev–Trinajstić information content (AvgIpc) is 2.35. The zero-order valence-corrected chi connectivity index (χ0v) is 11.2. The summed E-state index contributed by atoms with van der Waals surface area (Å²) in [5, 5.41) is 2.70. The second-order valence-corrected chi connectivity index (χ2v) is 4.62. The van der Waals surface area contributed by atoms with Gasteiger partial charge >= 0.3 is 0 Å². The summed E-state index contributed by atoms with van der Waals surface area (Å²) >= 11 is 3.22. The molecule has 18 heavy (non-hydrogen) atoms. The zero-order chi connectivity index (χ0) is 13.1. The summed E-state index contributed by atoms with van der Waals surface area (Å²) in [7, 11) is 0. The Labute approximate surface area is 112 Å². The highest BCUT2D eigenvalue weighted by atomic mass is 79.9. The quantitative estimate of drug-likeness (QED) is 0.922. The van der Waals surface area contributed by atoms with Gasteiger partial charge in [-0.25, -0.2) is 4.39 Å². The SMILES string of the molecule is Cc1ccncc1NC(=O)c1cc(F)ccc1Br. The Morgan fingerprint density at radius 2 is 2.17 bits per heavy atom. The third-order valence-electron chi connectivity index (χ3n) is 2.46. The van der Waals surface area contributed by atoms with E-state index < -0.39 is 5.82 Å². The number of halogens is 2. The van der Waals surface area contributed by atoms with Gasteiger partial charge in [0, 0.05) is 10.7 Å². The number of hydrogen-bond acceptors (Lipinski definition) is 2. The maximum Gasteiger partial charge on any atom is 0.256 e. The maximum atomic E-state index is 13.1. The molecule has 0 aliphatic rings. The fraction of sp³-hybridized carbons (Fsp3) is 0.0769. The maximum absolute atomic E-state index is 13.1. The monoisotopic (exact) mass is 308 g/mol. The van der Waals surface area contributed by atoms with E-state index in [-0.39, 0.29) is 11.5 Å². The first-order valence-corrected chi connectivity index (χ1v) is 6.04. The van der Waals surface area contributed by atoms with Crippen LogP contribution in [0.3, 0.4) is 0 Å². The number of benzene rings is 1. The summed E-state index contributed by atoms with van der Waals surface area (Å²) in [6, 6.07) is 5.76. The molecule has 1 heterocycles. The van der Waals surface area contributed by atoms with Gasteiger partial charge in [-0.05, 0) is 52.7 Å². The molecule has 1 aromatic heterocycles. The van der Waals surface area contributed by atoms with E-state index in [1.807, 2.05) is 6.92 Å². The standard InChI is InChI=1S/C13H10BrFN2O/c1-8-4-5-16-7-12(8)17-13(18)10-6-9(15)2-3-11(10)14/h2-7H,1H3,(H,17,18). The molecule has 0 saturated carbocycles. The van der Waals surface area contributed by atoms with Crippen LogP contribution < -0.4 is 5.32 Å². The minimum atomic E-state index is -0.453. The lowest BCUT2D eigenvalue weighted by Gasteiger charge is -2.08. The van der Waals surface area contributed by atoms with E-state index in [2.05, 4.69) is 26.2 Å². The van der Waals surface area contributed by atoms with Crippen LogP contribution in [0.5, 0.6) is 0 Å². The second kappa shape index (κ2) is 5.27. The number of carbonyl (C=O) groups excluding carboxylic acids is 1. The lowest BCUT2D eigenvalue weighted by Crippen LogP contribution is -2.13. The summed E-state index contributed by atoms with van der Waals surface area (Å²) < 4.78 is 13.7. The van der Waals surface area contributed by atoms with Crippen molar-refractivity contribution in [1.29, 1.82) is 0 Å². The minimum absolute atomic E-state index is 0.248. The number of aromatic nitrogens is 1. The fourth-order valence-electron chi connectivity index (χ4n) is 1.46. The molecule has 0 spiro atoms.